The van der Waals surface area contributed by atoms with Gasteiger partial charge in [0.1, 0.15) is 0 Å². The number of aryl methyl sites for hydroxylation is 1. The second-order valence-corrected chi connectivity index (χ2v) is 6.59. The molecule has 3 rings (SSSR count). The molecule has 0 spiro atoms. The molecule has 1 nitrogen and oxygen atoms in total. The average Bonchev–Trinajstić information content (AvgIpc) is 2.65. The summed E-state index contributed by atoms with van der Waals surface area (Å²) < 4.78 is 0. The van der Waals surface area contributed by atoms with Gasteiger partial charge in [-0.2, -0.15) is 0 Å². The van der Waals surface area contributed by atoms with Crippen molar-refractivity contribution >= 4 is 0 Å². The molecule has 1 aromatic rings. The highest BCUT2D eigenvalue weighted by Crippen LogP contribution is 2.38. The van der Waals surface area contributed by atoms with Gasteiger partial charge in [0.05, 0.1) is 0 Å². The third-order valence-electron chi connectivity index (χ3n) is 5.30. The summed E-state index contributed by atoms with van der Waals surface area (Å²) in [6, 6.07) is 9.55. The lowest BCUT2D eigenvalue weighted by Gasteiger charge is -2.31. The average molecular weight is 257 g/mol. The first-order valence-corrected chi connectivity index (χ1v) is 8.18. The molecule has 2 N–H and O–H groups in total. The molecule has 0 saturated heterocycles. The normalized spacial score (nSPS) is 31.5. The predicted octanol–water partition coefficient (Wildman–Crippen LogP) is 4.40. The van der Waals surface area contributed by atoms with Gasteiger partial charge in [0, 0.05) is 6.04 Å². The largest absolute Gasteiger partial charge is 0.327 e. The predicted molar refractivity (Wildman–Crippen MR) is 81.3 cm³/mol. The Balaban J connectivity index is 1.73. The van der Waals surface area contributed by atoms with Gasteiger partial charge >= 0.3 is 0 Å². The molecule has 1 saturated carbocycles. The Kier molecular flexibility index (Phi) is 4.22. The monoisotopic (exact) mass is 257 g/mol. The van der Waals surface area contributed by atoms with Gasteiger partial charge in [-0.25, -0.2) is 0 Å². The molecule has 0 radical (unpaired) electrons. The number of nitrogens with two attached hydrogens (primary N) is 1. The van der Waals surface area contributed by atoms with E-state index in [0.29, 0.717) is 6.04 Å². The second kappa shape index (κ2) is 6.09. The van der Waals surface area contributed by atoms with Crippen LogP contribution in [0.25, 0.3) is 0 Å². The van der Waals surface area contributed by atoms with Gasteiger partial charge in [-0.15, -0.1) is 0 Å². The Morgan fingerprint density at radius 3 is 2.74 bits per heavy atom. The lowest BCUT2D eigenvalue weighted by molar-refractivity contribution is 0.329. The van der Waals surface area contributed by atoms with Crippen molar-refractivity contribution in [3.05, 3.63) is 35.4 Å². The molecule has 0 heterocycles. The SMILES string of the molecule is NC1CCCCCC1CC1CCCc2ccccc21. The number of benzene rings is 1. The molecule has 3 unspecified atom stereocenters. The minimum atomic E-state index is 0.455. The fourth-order valence-corrected chi connectivity index (χ4v) is 4.17. The first-order valence-electron chi connectivity index (χ1n) is 8.18. The van der Waals surface area contributed by atoms with Crippen LogP contribution in [0.5, 0.6) is 0 Å². The van der Waals surface area contributed by atoms with Crippen molar-refractivity contribution in [1.29, 1.82) is 0 Å². The molecule has 2 aliphatic carbocycles. The minimum Gasteiger partial charge on any atom is -0.327 e. The molecule has 104 valence electrons. The Morgan fingerprint density at radius 2 is 1.79 bits per heavy atom. The van der Waals surface area contributed by atoms with E-state index in [1.165, 1.54) is 57.8 Å². The summed E-state index contributed by atoms with van der Waals surface area (Å²) in [6.45, 7) is 0. The highest BCUT2D eigenvalue weighted by molar-refractivity contribution is 5.32. The molecule has 2 aliphatic rings. The van der Waals surface area contributed by atoms with Crippen molar-refractivity contribution < 1.29 is 0 Å². The molecule has 19 heavy (non-hydrogen) atoms. The fourth-order valence-electron chi connectivity index (χ4n) is 4.17. The summed E-state index contributed by atoms with van der Waals surface area (Å²) in [7, 11) is 0. The van der Waals surface area contributed by atoms with Crippen molar-refractivity contribution in [2.45, 2.75) is 69.7 Å². The van der Waals surface area contributed by atoms with Crippen LogP contribution < -0.4 is 5.73 Å². The molecular weight excluding hydrogens is 230 g/mol. The van der Waals surface area contributed by atoms with E-state index in [-0.39, 0.29) is 0 Å². The molecule has 1 fully saturated rings. The van der Waals surface area contributed by atoms with Crippen LogP contribution >= 0.6 is 0 Å². The van der Waals surface area contributed by atoms with Crippen LogP contribution in [0.3, 0.4) is 0 Å². The third-order valence-corrected chi connectivity index (χ3v) is 5.30. The summed E-state index contributed by atoms with van der Waals surface area (Å²) in [5, 5.41) is 0. The number of hydrogen-bond acceptors (Lipinski definition) is 1. The summed E-state index contributed by atoms with van der Waals surface area (Å²) in [6.07, 6.45) is 12.1. The van der Waals surface area contributed by atoms with Crippen molar-refractivity contribution in [3.63, 3.8) is 0 Å². The van der Waals surface area contributed by atoms with E-state index in [9.17, 15) is 0 Å². The van der Waals surface area contributed by atoms with Crippen LogP contribution in [0.2, 0.25) is 0 Å². The quantitative estimate of drug-likeness (QED) is 0.781. The number of fused-ring (bicyclic) bond motifs is 1. The molecule has 0 amide bonds. The smallest absolute Gasteiger partial charge is 0.00673 e. The van der Waals surface area contributed by atoms with Crippen LogP contribution in [0, 0.1) is 5.92 Å². The highest BCUT2D eigenvalue weighted by atomic mass is 14.7. The van der Waals surface area contributed by atoms with E-state index < -0.39 is 0 Å². The molecule has 3 atom stereocenters. The Bertz CT molecular complexity index is 412. The van der Waals surface area contributed by atoms with E-state index in [1.54, 1.807) is 11.1 Å². The van der Waals surface area contributed by atoms with Crippen molar-refractivity contribution in [2.24, 2.45) is 11.7 Å². The molecule has 1 aromatic carbocycles. The summed E-state index contributed by atoms with van der Waals surface area (Å²) in [4.78, 5) is 0. The van der Waals surface area contributed by atoms with Crippen LogP contribution in [0.4, 0.5) is 0 Å². The lowest BCUT2D eigenvalue weighted by atomic mass is 9.76. The molecular formula is C18H27N. The summed E-state index contributed by atoms with van der Waals surface area (Å²) in [5.41, 5.74) is 9.64. The zero-order valence-electron chi connectivity index (χ0n) is 12.0. The maximum atomic E-state index is 6.42. The Labute approximate surface area is 117 Å². The highest BCUT2D eigenvalue weighted by Gasteiger charge is 2.27. The fraction of sp³-hybridized carbons (Fsp3) is 0.667. The minimum absolute atomic E-state index is 0.455. The Morgan fingerprint density at radius 1 is 0.947 bits per heavy atom. The van der Waals surface area contributed by atoms with Crippen LogP contribution in [0.15, 0.2) is 24.3 Å². The standard InChI is InChI=1S/C18H27N/c19-18-12-3-1-2-8-16(18)13-15-10-6-9-14-7-4-5-11-17(14)15/h4-5,7,11,15-16,18H,1-3,6,8-10,12-13,19H2. The van der Waals surface area contributed by atoms with E-state index >= 15 is 0 Å². The van der Waals surface area contributed by atoms with Crippen molar-refractivity contribution in [3.8, 4) is 0 Å². The second-order valence-electron chi connectivity index (χ2n) is 6.59. The Hall–Kier alpha value is -0.820. The maximum Gasteiger partial charge on any atom is 0.00673 e. The zero-order valence-corrected chi connectivity index (χ0v) is 12.0. The summed E-state index contributed by atoms with van der Waals surface area (Å²) in [5.74, 6) is 1.54. The van der Waals surface area contributed by atoms with Gasteiger partial charge in [-0.05, 0) is 61.5 Å². The van der Waals surface area contributed by atoms with Crippen LogP contribution in [-0.2, 0) is 6.42 Å². The zero-order chi connectivity index (χ0) is 13.1. The first kappa shape index (κ1) is 13.2. The van der Waals surface area contributed by atoms with Crippen LogP contribution in [0.1, 0.15) is 68.4 Å². The topological polar surface area (TPSA) is 26.0 Å². The van der Waals surface area contributed by atoms with E-state index in [0.717, 1.165) is 11.8 Å². The molecule has 0 aliphatic heterocycles. The first-order chi connectivity index (χ1) is 9.34. The van der Waals surface area contributed by atoms with Gasteiger partial charge in [0.15, 0.2) is 0 Å². The maximum absolute atomic E-state index is 6.42. The van der Waals surface area contributed by atoms with Gasteiger partial charge < -0.3 is 5.73 Å². The lowest BCUT2D eigenvalue weighted by Crippen LogP contribution is -2.30. The molecule has 0 bridgehead atoms. The third kappa shape index (κ3) is 3.02. The summed E-state index contributed by atoms with van der Waals surface area (Å²) >= 11 is 0. The van der Waals surface area contributed by atoms with Gasteiger partial charge in [-0.1, -0.05) is 43.5 Å². The van der Waals surface area contributed by atoms with Gasteiger partial charge in [-0.3, -0.25) is 0 Å². The number of hydrogen-bond donors (Lipinski definition) is 1. The number of rotatable bonds is 2. The van der Waals surface area contributed by atoms with Gasteiger partial charge in [0.2, 0.25) is 0 Å². The molecule has 0 aromatic heterocycles. The van der Waals surface area contributed by atoms with Gasteiger partial charge in [0.25, 0.3) is 0 Å². The van der Waals surface area contributed by atoms with Crippen molar-refractivity contribution in [1.82, 2.24) is 0 Å². The van der Waals surface area contributed by atoms with Crippen molar-refractivity contribution in [2.75, 3.05) is 0 Å². The van der Waals surface area contributed by atoms with E-state index in [4.69, 9.17) is 5.73 Å². The van der Waals surface area contributed by atoms with E-state index in [1.807, 2.05) is 0 Å². The van der Waals surface area contributed by atoms with Crippen LogP contribution in [-0.4, -0.2) is 6.04 Å². The van der Waals surface area contributed by atoms with E-state index in [2.05, 4.69) is 24.3 Å². The molecule has 1 heteroatoms.